The molecule has 3 heterocycles. The van der Waals surface area contributed by atoms with Crippen molar-refractivity contribution in [3.05, 3.63) is 12.7 Å². The summed E-state index contributed by atoms with van der Waals surface area (Å²) >= 11 is 0. The van der Waals surface area contributed by atoms with E-state index in [1.807, 2.05) is 0 Å². The lowest BCUT2D eigenvalue weighted by Crippen LogP contribution is -2.31. The van der Waals surface area contributed by atoms with Crippen LogP contribution in [-0.4, -0.2) is 57.5 Å². The van der Waals surface area contributed by atoms with Crippen LogP contribution in [0.25, 0.3) is 11.2 Å². The Morgan fingerprint density at radius 2 is 1.18 bits per heavy atom. The molecule has 0 amide bonds. The van der Waals surface area contributed by atoms with Gasteiger partial charge in [0.25, 0.3) is 0 Å². The molecule has 1 fully saturated rings. The lowest BCUT2D eigenvalue weighted by molar-refractivity contribution is -0.153. The third-order valence-electron chi connectivity index (χ3n) is 10.8. The molecule has 12 nitrogen and oxygen atoms in total. The number of carbonyl (C=O) groups is 1. The van der Waals surface area contributed by atoms with Crippen LogP contribution in [0.15, 0.2) is 12.7 Å². The number of hydrogen-bond acceptors (Lipinski definition) is 11. The van der Waals surface area contributed by atoms with E-state index in [0.717, 1.165) is 57.8 Å². The zero-order chi connectivity index (χ0) is 40.1. The number of unbranched alkanes of at least 4 members (excludes halogenated alkanes) is 23. The Hall–Kier alpha value is -2.11. The summed E-state index contributed by atoms with van der Waals surface area (Å²) in [6.45, 7) is 7.15. The highest BCUT2D eigenvalue weighted by Gasteiger charge is 2.42. The van der Waals surface area contributed by atoms with Gasteiger partial charge in [0, 0.05) is 12.8 Å². The van der Waals surface area contributed by atoms with Crippen LogP contribution < -0.4 is 5.73 Å². The van der Waals surface area contributed by atoms with Crippen molar-refractivity contribution in [3.63, 3.8) is 0 Å². The number of nitrogens with zero attached hydrogens (tertiary/aromatic N) is 4. The van der Waals surface area contributed by atoms with Gasteiger partial charge in [-0.15, -0.1) is 0 Å². The van der Waals surface area contributed by atoms with Crippen LogP contribution in [0.3, 0.4) is 0 Å². The normalized spacial score (nSPS) is 17.3. The summed E-state index contributed by atoms with van der Waals surface area (Å²) in [6.07, 6.45) is 32.0. The minimum absolute atomic E-state index is 0.122. The Labute approximate surface area is 339 Å². The Kier molecular flexibility index (Phi) is 25.9. The number of ether oxygens (including phenoxy) is 2. The molecular weight excluding hydrogens is 729 g/mol. The number of nitrogens with two attached hydrogens (primary N) is 1. The number of aromatic nitrogens is 4. The van der Waals surface area contributed by atoms with Crippen LogP contribution in [0.2, 0.25) is 0 Å². The number of hydrogen-bond donors (Lipinski definition) is 1. The quantitative estimate of drug-likeness (QED) is 0.0398. The van der Waals surface area contributed by atoms with Crippen LogP contribution in [-0.2, 0) is 32.4 Å². The van der Waals surface area contributed by atoms with E-state index in [0.29, 0.717) is 24.0 Å². The molecule has 0 unspecified atom stereocenters. The highest BCUT2D eigenvalue weighted by atomic mass is 31.2. The van der Waals surface area contributed by atoms with Gasteiger partial charge in [-0.2, -0.15) is 0 Å². The standard InChI is InChI=1S/C43H78N5O7P/c1-4-7-10-13-16-19-20-21-24-27-30-40(49)55-37-33-39(48-36-47-41-42(44)45-35-46-43(41)48)54-38(37)34-53-56(50,51-31-28-25-22-17-14-11-8-5-2)52-32-29-26-23-18-15-12-9-6-3/h35-39H,4-34H2,1-3H3,(H2,44,45,46)/t37-,38+,39+/m0/s1. The van der Waals surface area contributed by atoms with E-state index in [1.54, 1.807) is 10.9 Å². The van der Waals surface area contributed by atoms with Crippen molar-refractivity contribution in [1.82, 2.24) is 19.5 Å². The zero-order valence-electron chi connectivity index (χ0n) is 35.5. The average molecular weight is 808 g/mol. The van der Waals surface area contributed by atoms with Crippen molar-refractivity contribution < 1.29 is 32.4 Å². The number of phosphoric ester groups is 1. The minimum atomic E-state index is -3.92. The first kappa shape index (κ1) is 48.3. The number of imidazole rings is 1. The van der Waals surface area contributed by atoms with Gasteiger partial charge in [-0.1, -0.05) is 168 Å². The van der Waals surface area contributed by atoms with Gasteiger partial charge >= 0.3 is 13.8 Å². The Balaban J connectivity index is 1.57. The molecule has 0 spiro atoms. The summed E-state index contributed by atoms with van der Waals surface area (Å²) < 4.78 is 46.2. The number of esters is 1. The first-order chi connectivity index (χ1) is 27.4. The van der Waals surface area contributed by atoms with Crippen molar-refractivity contribution >= 4 is 30.8 Å². The van der Waals surface area contributed by atoms with E-state index in [1.165, 1.54) is 115 Å². The van der Waals surface area contributed by atoms with Gasteiger partial charge in [0.2, 0.25) is 0 Å². The van der Waals surface area contributed by atoms with E-state index in [-0.39, 0.29) is 31.6 Å². The molecule has 3 atom stereocenters. The van der Waals surface area contributed by atoms with Crippen molar-refractivity contribution in [1.29, 1.82) is 0 Å². The fraction of sp³-hybridized carbons (Fsp3) is 0.860. The first-order valence-electron chi connectivity index (χ1n) is 22.7. The topological polar surface area (TPSA) is 150 Å². The predicted molar refractivity (Wildman–Crippen MR) is 225 cm³/mol. The molecule has 3 rings (SSSR count). The van der Waals surface area contributed by atoms with E-state index >= 15 is 0 Å². The molecule has 1 aliphatic heterocycles. The van der Waals surface area contributed by atoms with E-state index in [4.69, 9.17) is 28.8 Å². The molecule has 1 saturated heterocycles. The summed E-state index contributed by atoms with van der Waals surface area (Å²) in [5.74, 6) is 0.000248. The van der Waals surface area contributed by atoms with Crippen LogP contribution >= 0.6 is 7.82 Å². The summed E-state index contributed by atoms with van der Waals surface area (Å²) in [5, 5.41) is 0. The second kappa shape index (κ2) is 30.0. The fourth-order valence-corrected chi connectivity index (χ4v) is 8.57. The fourth-order valence-electron chi connectivity index (χ4n) is 7.31. The number of nitrogen functional groups attached to an aromatic ring is 1. The molecule has 0 aromatic carbocycles. The van der Waals surface area contributed by atoms with Crippen molar-refractivity contribution in [3.8, 4) is 0 Å². The Morgan fingerprint density at radius 3 is 1.70 bits per heavy atom. The third-order valence-corrected chi connectivity index (χ3v) is 12.2. The molecule has 0 radical (unpaired) electrons. The molecule has 2 aromatic rings. The van der Waals surface area contributed by atoms with E-state index in [2.05, 4.69) is 35.7 Å². The number of anilines is 1. The second-order valence-electron chi connectivity index (χ2n) is 15.8. The number of phosphoric acid groups is 1. The second-order valence-corrected chi connectivity index (χ2v) is 17.4. The lowest BCUT2D eigenvalue weighted by Gasteiger charge is -2.23. The summed E-state index contributed by atoms with van der Waals surface area (Å²) in [7, 11) is -3.92. The monoisotopic (exact) mass is 808 g/mol. The van der Waals surface area contributed by atoms with E-state index < -0.39 is 26.3 Å². The SMILES string of the molecule is CCCCCCCCCCCCC(=O)O[C@H]1C[C@H](n2cnc3c(N)ncnc32)O[C@@H]1COP(=O)(OCCCCCCCCCC)OCCCCCCCCCC. The van der Waals surface area contributed by atoms with Crippen molar-refractivity contribution in [2.24, 2.45) is 0 Å². The minimum Gasteiger partial charge on any atom is -0.459 e. The first-order valence-corrected chi connectivity index (χ1v) is 24.2. The van der Waals surface area contributed by atoms with Crippen molar-refractivity contribution in [2.45, 2.75) is 219 Å². The van der Waals surface area contributed by atoms with Gasteiger partial charge in [0.15, 0.2) is 11.5 Å². The predicted octanol–water partition coefficient (Wildman–Crippen LogP) is 12.4. The molecule has 0 bridgehead atoms. The molecule has 322 valence electrons. The van der Waals surface area contributed by atoms with Crippen molar-refractivity contribution in [2.75, 3.05) is 25.6 Å². The largest absolute Gasteiger partial charge is 0.474 e. The summed E-state index contributed by atoms with van der Waals surface area (Å²) in [6, 6.07) is 0. The number of carbonyl (C=O) groups excluding carboxylic acids is 1. The van der Waals surface area contributed by atoms with Gasteiger partial charge in [0.05, 0.1) is 26.1 Å². The van der Waals surface area contributed by atoms with Gasteiger partial charge in [-0.25, -0.2) is 19.5 Å². The van der Waals surface area contributed by atoms with Gasteiger partial charge in [-0.05, 0) is 19.3 Å². The maximum Gasteiger partial charge on any atom is 0.474 e. The molecule has 56 heavy (non-hydrogen) atoms. The maximum atomic E-state index is 14.1. The average Bonchev–Trinajstić information content (AvgIpc) is 3.81. The molecule has 0 saturated carbocycles. The molecule has 13 heteroatoms. The Morgan fingerprint density at radius 1 is 0.696 bits per heavy atom. The Bertz CT molecular complexity index is 1320. The smallest absolute Gasteiger partial charge is 0.459 e. The van der Waals surface area contributed by atoms with Crippen LogP contribution in [0, 0.1) is 0 Å². The van der Waals surface area contributed by atoms with E-state index in [9.17, 15) is 9.36 Å². The molecule has 2 N–H and O–H groups in total. The van der Waals surface area contributed by atoms with Crippen LogP contribution in [0.5, 0.6) is 0 Å². The summed E-state index contributed by atoms with van der Waals surface area (Å²) in [5.41, 5.74) is 7.05. The lowest BCUT2D eigenvalue weighted by atomic mass is 10.1. The summed E-state index contributed by atoms with van der Waals surface area (Å²) in [4.78, 5) is 26.0. The van der Waals surface area contributed by atoms with Crippen LogP contribution in [0.1, 0.15) is 207 Å². The highest BCUT2D eigenvalue weighted by molar-refractivity contribution is 7.48. The maximum absolute atomic E-state index is 14.1. The number of rotatable bonds is 36. The molecular formula is C43H78N5O7P. The van der Waals surface area contributed by atoms with Gasteiger partial charge in [-0.3, -0.25) is 22.9 Å². The van der Waals surface area contributed by atoms with Gasteiger partial charge < -0.3 is 15.2 Å². The molecule has 0 aliphatic carbocycles. The van der Waals surface area contributed by atoms with Crippen LogP contribution in [0.4, 0.5) is 5.82 Å². The highest BCUT2D eigenvalue weighted by Crippen LogP contribution is 2.50. The van der Waals surface area contributed by atoms with Gasteiger partial charge in [0.1, 0.15) is 30.3 Å². The third kappa shape index (κ3) is 19.6. The molecule has 1 aliphatic rings. The number of fused-ring (bicyclic) bond motifs is 1. The molecule has 2 aromatic heterocycles. The zero-order valence-corrected chi connectivity index (χ0v) is 36.4.